The maximum Gasteiger partial charge on any atom is 0.0820 e. The number of hydrogen-bond donors (Lipinski definition) is 2. The van der Waals surface area contributed by atoms with E-state index in [0.717, 1.165) is 45.8 Å². The summed E-state index contributed by atoms with van der Waals surface area (Å²) in [4.78, 5) is 2.36. The fraction of sp³-hybridized carbons (Fsp3) is 1.00. The molecule has 2 saturated heterocycles. The molecule has 2 aliphatic heterocycles. The van der Waals surface area contributed by atoms with Crippen LogP contribution >= 0.6 is 0 Å². The highest BCUT2D eigenvalue weighted by molar-refractivity contribution is 4.85. The van der Waals surface area contributed by atoms with Crippen LogP contribution < -0.4 is 5.32 Å². The lowest BCUT2D eigenvalue weighted by atomic mass is 10.0. The van der Waals surface area contributed by atoms with Gasteiger partial charge in [-0.2, -0.15) is 0 Å². The Hall–Kier alpha value is -0.160. The van der Waals surface area contributed by atoms with Crippen LogP contribution in [0.2, 0.25) is 0 Å². The van der Waals surface area contributed by atoms with E-state index in [-0.39, 0.29) is 6.10 Å². The van der Waals surface area contributed by atoms with Gasteiger partial charge in [-0.1, -0.05) is 0 Å². The van der Waals surface area contributed by atoms with Crippen molar-refractivity contribution in [2.75, 3.05) is 39.4 Å². The van der Waals surface area contributed by atoms with Gasteiger partial charge < -0.3 is 15.2 Å². The lowest BCUT2D eigenvalue weighted by molar-refractivity contribution is -0.0310. The van der Waals surface area contributed by atoms with E-state index in [1.54, 1.807) is 0 Å². The summed E-state index contributed by atoms with van der Waals surface area (Å²) in [6.45, 7) is 5.35. The molecule has 4 heteroatoms. The molecule has 0 aromatic rings. The molecule has 0 spiro atoms. The Morgan fingerprint density at radius 2 is 2.08 bits per heavy atom. The molecule has 0 aromatic heterocycles. The van der Waals surface area contributed by atoms with Gasteiger partial charge in [-0.05, 0) is 13.0 Å². The molecule has 2 fully saturated rings. The average molecular weight is 186 g/mol. The maximum atomic E-state index is 9.78. The van der Waals surface area contributed by atoms with E-state index >= 15 is 0 Å². The van der Waals surface area contributed by atoms with E-state index in [1.165, 1.54) is 0 Å². The summed E-state index contributed by atoms with van der Waals surface area (Å²) in [6.07, 6.45) is 0.855. The first-order valence-corrected chi connectivity index (χ1v) is 5.08. The molecule has 76 valence electrons. The fourth-order valence-corrected chi connectivity index (χ4v) is 2.16. The van der Waals surface area contributed by atoms with E-state index < -0.39 is 0 Å². The Labute approximate surface area is 78.9 Å². The summed E-state index contributed by atoms with van der Waals surface area (Å²) in [5, 5.41) is 13.0. The van der Waals surface area contributed by atoms with Crippen molar-refractivity contribution in [3.05, 3.63) is 0 Å². The normalized spacial score (nSPS) is 37.6. The Morgan fingerprint density at radius 3 is 2.77 bits per heavy atom. The number of aliphatic hydroxyl groups excluding tert-OH is 1. The first-order valence-electron chi connectivity index (χ1n) is 5.08. The standard InChI is InChI=1S/C9H18N2O2/c12-9-7-10-2-1-8(9)11-3-5-13-6-4-11/h8-10,12H,1-7H2/t8-,9-/m1/s1. The average Bonchev–Trinajstić information content (AvgIpc) is 2.20. The lowest BCUT2D eigenvalue weighted by Gasteiger charge is -2.39. The van der Waals surface area contributed by atoms with Crippen LogP contribution in [-0.2, 0) is 4.74 Å². The molecule has 2 rings (SSSR count). The van der Waals surface area contributed by atoms with Crippen molar-refractivity contribution in [3.8, 4) is 0 Å². The summed E-state index contributed by atoms with van der Waals surface area (Å²) in [5.41, 5.74) is 0. The van der Waals surface area contributed by atoms with Crippen LogP contribution in [0.5, 0.6) is 0 Å². The van der Waals surface area contributed by atoms with E-state index in [1.807, 2.05) is 0 Å². The third kappa shape index (κ3) is 2.20. The number of ether oxygens (including phenoxy) is 1. The SMILES string of the molecule is O[C@@H]1CNCC[C@H]1N1CCOCC1. The van der Waals surface area contributed by atoms with Crippen molar-refractivity contribution in [1.29, 1.82) is 0 Å². The molecule has 0 amide bonds. The summed E-state index contributed by atoms with van der Waals surface area (Å²) < 4.78 is 5.29. The minimum Gasteiger partial charge on any atom is -0.390 e. The highest BCUT2D eigenvalue weighted by Crippen LogP contribution is 2.13. The van der Waals surface area contributed by atoms with E-state index in [0.29, 0.717) is 6.04 Å². The van der Waals surface area contributed by atoms with Crippen LogP contribution in [0.1, 0.15) is 6.42 Å². The van der Waals surface area contributed by atoms with Gasteiger partial charge in [-0.15, -0.1) is 0 Å². The first-order chi connectivity index (χ1) is 6.38. The smallest absolute Gasteiger partial charge is 0.0820 e. The van der Waals surface area contributed by atoms with Crippen molar-refractivity contribution in [1.82, 2.24) is 10.2 Å². The molecular weight excluding hydrogens is 168 g/mol. The zero-order chi connectivity index (χ0) is 9.10. The number of hydrogen-bond acceptors (Lipinski definition) is 4. The summed E-state index contributed by atoms with van der Waals surface area (Å²) in [6, 6.07) is 0.352. The zero-order valence-electron chi connectivity index (χ0n) is 7.91. The molecule has 4 nitrogen and oxygen atoms in total. The lowest BCUT2D eigenvalue weighted by Crippen LogP contribution is -2.55. The van der Waals surface area contributed by atoms with Crippen molar-refractivity contribution >= 4 is 0 Å². The predicted octanol–water partition coefficient (Wildman–Crippen LogP) is -0.959. The minimum absolute atomic E-state index is 0.202. The zero-order valence-corrected chi connectivity index (χ0v) is 7.91. The van der Waals surface area contributed by atoms with Crippen molar-refractivity contribution < 1.29 is 9.84 Å². The Morgan fingerprint density at radius 1 is 1.31 bits per heavy atom. The van der Waals surface area contributed by atoms with Crippen molar-refractivity contribution in [2.24, 2.45) is 0 Å². The van der Waals surface area contributed by atoms with Gasteiger partial charge in [0.1, 0.15) is 0 Å². The largest absolute Gasteiger partial charge is 0.390 e. The number of rotatable bonds is 1. The summed E-state index contributed by atoms with van der Waals surface area (Å²) in [5.74, 6) is 0. The minimum atomic E-state index is -0.202. The van der Waals surface area contributed by atoms with Gasteiger partial charge in [0, 0.05) is 25.7 Å². The quantitative estimate of drug-likeness (QED) is 0.554. The second-order valence-corrected chi connectivity index (χ2v) is 3.78. The van der Waals surface area contributed by atoms with Crippen LogP contribution in [0.15, 0.2) is 0 Å². The second-order valence-electron chi connectivity index (χ2n) is 3.78. The molecule has 0 radical (unpaired) electrons. The molecule has 0 unspecified atom stereocenters. The molecule has 2 heterocycles. The van der Waals surface area contributed by atoms with E-state index in [2.05, 4.69) is 10.2 Å². The highest BCUT2D eigenvalue weighted by Gasteiger charge is 2.29. The van der Waals surface area contributed by atoms with Crippen molar-refractivity contribution in [2.45, 2.75) is 18.6 Å². The number of piperidine rings is 1. The molecule has 0 bridgehead atoms. The summed E-state index contributed by atoms with van der Waals surface area (Å²) >= 11 is 0. The molecule has 2 aliphatic rings. The molecule has 0 aliphatic carbocycles. The second kappa shape index (κ2) is 4.37. The highest BCUT2D eigenvalue weighted by atomic mass is 16.5. The van der Waals surface area contributed by atoms with Gasteiger partial charge in [-0.25, -0.2) is 0 Å². The number of morpholine rings is 1. The van der Waals surface area contributed by atoms with Gasteiger partial charge in [0.15, 0.2) is 0 Å². The van der Waals surface area contributed by atoms with Crippen LogP contribution in [-0.4, -0.2) is 61.5 Å². The fourth-order valence-electron chi connectivity index (χ4n) is 2.16. The van der Waals surface area contributed by atoms with Crippen molar-refractivity contribution in [3.63, 3.8) is 0 Å². The Bertz CT molecular complexity index is 160. The Balaban J connectivity index is 1.88. The predicted molar refractivity (Wildman–Crippen MR) is 49.7 cm³/mol. The monoisotopic (exact) mass is 186 g/mol. The van der Waals surface area contributed by atoms with Crippen LogP contribution in [0, 0.1) is 0 Å². The number of β-amino-alcohol motifs (C(OH)–C–C–N with tert-alkyl or cyclic N) is 1. The maximum absolute atomic E-state index is 9.78. The van der Waals surface area contributed by atoms with Gasteiger partial charge >= 0.3 is 0 Å². The van der Waals surface area contributed by atoms with Gasteiger partial charge in [0.25, 0.3) is 0 Å². The van der Waals surface area contributed by atoms with Crippen LogP contribution in [0.3, 0.4) is 0 Å². The number of nitrogens with one attached hydrogen (secondary N) is 1. The van der Waals surface area contributed by atoms with E-state index in [4.69, 9.17) is 4.74 Å². The van der Waals surface area contributed by atoms with E-state index in [9.17, 15) is 5.11 Å². The van der Waals surface area contributed by atoms with Gasteiger partial charge in [0.05, 0.1) is 19.3 Å². The molecule has 0 aromatic carbocycles. The number of aliphatic hydroxyl groups is 1. The topological polar surface area (TPSA) is 44.7 Å². The molecule has 0 saturated carbocycles. The molecular formula is C9H18N2O2. The third-order valence-electron chi connectivity index (χ3n) is 2.93. The molecule has 2 atom stereocenters. The third-order valence-corrected chi connectivity index (χ3v) is 2.93. The molecule has 2 N–H and O–H groups in total. The first kappa shape index (κ1) is 9.40. The van der Waals surface area contributed by atoms with Crippen LogP contribution in [0.4, 0.5) is 0 Å². The summed E-state index contributed by atoms with van der Waals surface area (Å²) in [7, 11) is 0. The molecule has 13 heavy (non-hydrogen) atoms. The Kier molecular flexibility index (Phi) is 3.16. The van der Waals surface area contributed by atoms with Gasteiger partial charge in [0.2, 0.25) is 0 Å². The number of nitrogens with zero attached hydrogens (tertiary/aromatic N) is 1. The van der Waals surface area contributed by atoms with Gasteiger partial charge in [-0.3, -0.25) is 4.90 Å². The van der Waals surface area contributed by atoms with Crippen LogP contribution in [0.25, 0.3) is 0 Å².